The van der Waals surface area contributed by atoms with Gasteiger partial charge in [-0.2, -0.15) is 0 Å². The van der Waals surface area contributed by atoms with E-state index < -0.39 is 29.0 Å². The molecule has 0 unspecified atom stereocenters. The fraction of sp³-hybridized carbons (Fsp3) is 0.312. The standard InChI is InChI=1S/C16H14F3N3O2S/c17-9-5-6-11(14(19)13(9)18)20-12(23)7-25-16-21-10-4-2-1-3-8(10)15(24)22-16/h5-6H,1-4,7H2,(H,20,23)(H,21,22,24). The van der Waals surface area contributed by atoms with Gasteiger partial charge in [-0.05, 0) is 37.8 Å². The SMILES string of the molecule is O=C(CSc1nc2c(c(=O)[nH]1)CCCC2)Nc1ccc(F)c(F)c1F. The molecule has 2 N–H and O–H groups in total. The fourth-order valence-corrected chi connectivity index (χ4v) is 3.27. The molecule has 1 amide bonds. The largest absolute Gasteiger partial charge is 0.323 e. The highest BCUT2D eigenvalue weighted by Gasteiger charge is 2.18. The number of rotatable bonds is 4. The van der Waals surface area contributed by atoms with E-state index in [9.17, 15) is 22.8 Å². The number of nitrogens with one attached hydrogen (secondary N) is 2. The number of thioether (sulfide) groups is 1. The van der Waals surface area contributed by atoms with Gasteiger partial charge in [-0.3, -0.25) is 9.59 Å². The summed E-state index contributed by atoms with van der Waals surface area (Å²) in [5.74, 6) is -5.24. The Morgan fingerprint density at radius 3 is 2.76 bits per heavy atom. The van der Waals surface area contributed by atoms with Crippen molar-refractivity contribution in [3.8, 4) is 0 Å². The molecule has 3 rings (SSSR count). The summed E-state index contributed by atoms with van der Waals surface area (Å²) < 4.78 is 39.5. The van der Waals surface area contributed by atoms with Gasteiger partial charge in [0.2, 0.25) is 5.91 Å². The van der Waals surface area contributed by atoms with Crippen LogP contribution < -0.4 is 10.9 Å². The van der Waals surface area contributed by atoms with E-state index in [0.29, 0.717) is 17.1 Å². The molecule has 0 bridgehead atoms. The predicted octanol–water partition coefficient (Wildman–Crippen LogP) is 2.80. The Bertz CT molecular complexity index is 886. The Morgan fingerprint density at radius 1 is 1.20 bits per heavy atom. The van der Waals surface area contributed by atoms with Crippen LogP contribution in [0.2, 0.25) is 0 Å². The van der Waals surface area contributed by atoms with Crippen LogP contribution in [0.5, 0.6) is 0 Å². The quantitative estimate of drug-likeness (QED) is 0.494. The van der Waals surface area contributed by atoms with E-state index in [2.05, 4.69) is 15.3 Å². The van der Waals surface area contributed by atoms with Gasteiger partial charge in [0.05, 0.1) is 17.1 Å². The maximum Gasteiger partial charge on any atom is 0.254 e. The maximum absolute atomic E-state index is 13.5. The predicted molar refractivity (Wildman–Crippen MR) is 87.2 cm³/mol. The summed E-state index contributed by atoms with van der Waals surface area (Å²) in [6.07, 6.45) is 3.33. The molecule has 0 radical (unpaired) electrons. The number of amides is 1. The van der Waals surface area contributed by atoms with Gasteiger partial charge in [0.1, 0.15) is 0 Å². The zero-order valence-corrected chi connectivity index (χ0v) is 13.8. The molecule has 0 spiro atoms. The number of aryl methyl sites for hydroxylation is 1. The van der Waals surface area contributed by atoms with Crippen molar-refractivity contribution >= 4 is 23.4 Å². The number of anilines is 1. The van der Waals surface area contributed by atoms with Crippen molar-refractivity contribution in [3.63, 3.8) is 0 Å². The highest BCUT2D eigenvalue weighted by molar-refractivity contribution is 7.99. The number of nitrogens with zero attached hydrogens (tertiary/aromatic N) is 1. The van der Waals surface area contributed by atoms with E-state index in [4.69, 9.17) is 0 Å². The molecule has 0 saturated carbocycles. The van der Waals surface area contributed by atoms with Crippen LogP contribution in [0, 0.1) is 17.5 Å². The number of carbonyl (C=O) groups is 1. The highest BCUT2D eigenvalue weighted by atomic mass is 32.2. The molecule has 5 nitrogen and oxygen atoms in total. The zero-order valence-electron chi connectivity index (χ0n) is 13.0. The lowest BCUT2D eigenvalue weighted by molar-refractivity contribution is -0.113. The Balaban J connectivity index is 1.66. The molecule has 1 heterocycles. The van der Waals surface area contributed by atoms with Gasteiger partial charge in [0.15, 0.2) is 22.6 Å². The Labute approximate surface area is 145 Å². The molecule has 9 heteroatoms. The van der Waals surface area contributed by atoms with Gasteiger partial charge in [-0.15, -0.1) is 0 Å². The molecule has 1 aromatic carbocycles. The molecular formula is C16H14F3N3O2S. The molecule has 1 aromatic heterocycles. The lowest BCUT2D eigenvalue weighted by atomic mass is 9.97. The topological polar surface area (TPSA) is 74.8 Å². The van der Waals surface area contributed by atoms with Gasteiger partial charge in [-0.1, -0.05) is 11.8 Å². The first-order valence-electron chi connectivity index (χ1n) is 7.64. The van der Waals surface area contributed by atoms with E-state index >= 15 is 0 Å². The molecule has 1 aliphatic carbocycles. The minimum atomic E-state index is -1.65. The second-order valence-electron chi connectivity index (χ2n) is 5.56. The van der Waals surface area contributed by atoms with Crippen LogP contribution in [0.15, 0.2) is 22.1 Å². The molecule has 0 saturated heterocycles. The van der Waals surface area contributed by atoms with Crippen molar-refractivity contribution in [1.29, 1.82) is 0 Å². The van der Waals surface area contributed by atoms with E-state index in [1.165, 1.54) is 0 Å². The van der Waals surface area contributed by atoms with Crippen LogP contribution in [0.4, 0.5) is 18.9 Å². The minimum Gasteiger partial charge on any atom is -0.323 e. The number of halogens is 3. The lowest BCUT2D eigenvalue weighted by Crippen LogP contribution is -2.22. The summed E-state index contributed by atoms with van der Waals surface area (Å²) in [4.78, 5) is 30.8. The Kier molecular flexibility index (Phi) is 5.12. The normalized spacial score (nSPS) is 13.4. The van der Waals surface area contributed by atoms with Crippen molar-refractivity contribution in [3.05, 3.63) is 51.2 Å². The van der Waals surface area contributed by atoms with E-state index in [1.807, 2.05) is 0 Å². The molecule has 2 aromatic rings. The van der Waals surface area contributed by atoms with E-state index in [-0.39, 0.29) is 11.3 Å². The van der Waals surface area contributed by atoms with Crippen molar-refractivity contribution in [2.75, 3.05) is 11.1 Å². The van der Waals surface area contributed by atoms with Crippen molar-refractivity contribution < 1.29 is 18.0 Å². The van der Waals surface area contributed by atoms with Crippen molar-refractivity contribution in [2.45, 2.75) is 30.8 Å². The van der Waals surface area contributed by atoms with Crippen LogP contribution in [0.25, 0.3) is 0 Å². The zero-order chi connectivity index (χ0) is 18.0. The van der Waals surface area contributed by atoms with E-state index in [1.54, 1.807) is 0 Å². The summed E-state index contributed by atoms with van der Waals surface area (Å²) in [6.45, 7) is 0. The number of carbonyl (C=O) groups excluding carboxylic acids is 1. The average Bonchev–Trinajstić information content (AvgIpc) is 2.60. The lowest BCUT2D eigenvalue weighted by Gasteiger charge is -2.14. The summed E-state index contributed by atoms with van der Waals surface area (Å²) in [5.41, 5.74) is 0.768. The van der Waals surface area contributed by atoms with Crippen LogP contribution >= 0.6 is 11.8 Å². The Morgan fingerprint density at radius 2 is 1.96 bits per heavy atom. The average molecular weight is 369 g/mol. The van der Waals surface area contributed by atoms with Gasteiger partial charge >= 0.3 is 0 Å². The van der Waals surface area contributed by atoms with Gasteiger partial charge in [0.25, 0.3) is 5.56 Å². The van der Waals surface area contributed by atoms with E-state index in [0.717, 1.165) is 48.9 Å². The van der Waals surface area contributed by atoms with Crippen molar-refractivity contribution in [2.24, 2.45) is 0 Å². The first-order chi connectivity index (χ1) is 12.0. The minimum absolute atomic E-state index is 0.167. The fourth-order valence-electron chi connectivity index (χ4n) is 2.59. The summed E-state index contributed by atoms with van der Waals surface area (Å²) in [6, 6.07) is 1.67. The van der Waals surface area contributed by atoms with Crippen LogP contribution in [-0.2, 0) is 17.6 Å². The highest BCUT2D eigenvalue weighted by Crippen LogP contribution is 2.21. The second-order valence-corrected chi connectivity index (χ2v) is 6.53. The third kappa shape index (κ3) is 3.87. The second kappa shape index (κ2) is 7.30. The molecule has 0 atom stereocenters. The number of aromatic nitrogens is 2. The number of H-pyrrole nitrogens is 1. The molecule has 0 fully saturated rings. The van der Waals surface area contributed by atoms with Gasteiger partial charge in [-0.25, -0.2) is 18.2 Å². The van der Waals surface area contributed by atoms with Crippen LogP contribution in [0.1, 0.15) is 24.1 Å². The first-order valence-corrected chi connectivity index (χ1v) is 8.62. The number of benzene rings is 1. The number of aromatic amines is 1. The van der Waals surface area contributed by atoms with Crippen LogP contribution in [0.3, 0.4) is 0 Å². The maximum atomic E-state index is 13.5. The molecular weight excluding hydrogens is 355 g/mol. The number of fused-ring (bicyclic) bond motifs is 1. The van der Waals surface area contributed by atoms with Crippen molar-refractivity contribution in [1.82, 2.24) is 9.97 Å². The Hall–Kier alpha value is -2.29. The number of hydrogen-bond donors (Lipinski definition) is 2. The monoisotopic (exact) mass is 369 g/mol. The van der Waals surface area contributed by atoms with Gasteiger partial charge in [0, 0.05) is 5.56 Å². The molecule has 0 aliphatic heterocycles. The molecule has 25 heavy (non-hydrogen) atoms. The third-order valence-corrected chi connectivity index (χ3v) is 4.69. The first kappa shape index (κ1) is 17.5. The molecule has 132 valence electrons. The smallest absolute Gasteiger partial charge is 0.254 e. The van der Waals surface area contributed by atoms with Crippen LogP contribution in [-0.4, -0.2) is 21.6 Å². The number of hydrogen-bond acceptors (Lipinski definition) is 4. The summed E-state index contributed by atoms with van der Waals surface area (Å²) in [7, 11) is 0. The summed E-state index contributed by atoms with van der Waals surface area (Å²) in [5, 5.41) is 2.46. The summed E-state index contributed by atoms with van der Waals surface area (Å²) >= 11 is 0.979. The van der Waals surface area contributed by atoms with Gasteiger partial charge < -0.3 is 10.3 Å². The third-order valence-electron chi connectivity index (χ3n) is 3.82. The molecule has 1 aliphatic rings.